The van der Waals surface area contributed by atoms with Crippen LogP contribution < -0.4 is 14.8 Å². The van der Waals surface area contributed by atoms with Crippen molar-refractivity contribution in [2.24, 2.45) is 0 Å². The van der Waals surface area contributed by atoms with Gasteiger partial charge in [-0.05, 0) is 18.2 Å². The molecule has 0 aromatic heterocycles. The number of aliphatic hydroxyl groups is 1. The van der Waals surface area contributed by atoms with Gasteiger partial charge in [0.05, 0.1) is 20.8 Å². The number of rotatable bonds is 6. The van der Waals surface area contributed by atoms with E-state index in [1.54, 1.807) is 0 Å². The Labute approximate surface area is 109 Å². The first-order valence-electron chi connectivity index (χ1n) is 5.40. The zero-order valence-corrected chi connectivity index (χ0v) is 10.5. The second-order valence-electron chi connectivity index (χ2n) is 3.62. The van der Waals surface area contributed by atoms with E-state index in [-0.39, 0.29) is 5.56 Å². The van der Waals surface area contributed by atoms with Gasteiger partial charge in [-0.1, -0.05) is 0 Å². The lowest BCUT2D eigenvalue weighted by atomic mass is 10.1. The molecule has 1 amide bonds. The van der Waals surface area contributed by atoms with E-state index >= 15 is 0 Å². The smallest absolute Gasteiger partial charge is 0.328 e. The second kappa shape index (κ2) is 6.60. The van der Waals surface area contributed by atoms with Crippen LogP contribution in [0.5, 0.6) is 11.5 Å². The molecule has 1 aromatic rings. The summed E-state index contributed by atoms with van der Waals surface area (Å²) in [4.78, 5) is 22.5. The second-order valence-corrected chi connectivity index (χ2v) is 3.62. The van der Waals surface area contributed by atoms with E-state index in [9.17, 15) is 9.59 Å². The fourth-order valence-corrected chi connectivity index (χ4v) is 1.40. The Hall–Kier alpha value is -2.28. The molecule has 19 heavy (non-hydrogen) atoms. The lowest BCUT2D eigenvalue weighted by Gasteiger charge is -2.13. The van der Waals surface area contributed by atoms with E-state index in [1.807, 2.05) is 0 Å². The summed E-state index contributed by atoms with van der Waals surface area (Å²) < 4.78 is 10.1. The van der Waals surface area contributed by atoms with Gasteiger partial charge >= 0.3 is 5.97 Å². The molecule has 1 rings (SSSR count). The van der Waals surface area contributed by atoms with Crippen molar-refractivity contribution in [2.45, 2.75) is 6.04 Å². The van der Waals surface area contributed by atoms with Crippen molar-refractivity contribution >= 4 is 11.9 Å². The third-order valence-corrected chi connectivity index (χ3v) is 2.43. The van der Waals surface area contributed by atoms with Crippen LogP contribution in [-0.4, -0.2) is 49.0 Å². The summed E-state index contributed by atoms with van der Waals surface area (Å²) >= 11 is 0. The van der Waals surface area contributed by atoms with Crippen LogP contribution >= 0.6 is 0 Å². The first-order valence-corrected chi connectivity index (χ1v) is 5.40. The highest BCUT2D eigenvalue weighted by Gasteiger charge is 2.20. The van der Waals surface area contributed by atoms with Gasteiger partial charge in [0.1, 0.15) is 0 Å². The lowest BCUT2D eigenvalue weighted by Crippen LogP contribution is -2.43. The molecular formula is C12H15NO6. The highest BCUT2D eigenvalue weighted by molar-refractivity contribution is 5.97. The maximum atomic E-state index is 11.8. The van der Waals surface area contributed by atoms with Crippen molar-refractivity contribution in [1.82, 2.24) is 5.32 Å². The van der Waals surface area contributed by atoms with Crippen molar-refractivity contribution < 1.29 is 29.3 Å². The Kier molecular flexibility index (Phi) is 5.13. The molecule has 0 saturated carbocycles. The quantitative estimate of drug-likeness (QED) is 0.665. The number of hydrogen-bond donors (Lipinski definition) is 3. The molecule has 0 bridgehead atoms. The summed E-state index contributed by atoms with van der Waals surface area (Å²) in [6, 6.07) is 3.07. The Bertz CT molecular complexity index is 473. The van der Waals surface area contributed by atoms with Crippen LogP contribution in [0.1, 0.15) is 10.4 Å². The molecule has 0 aliphatic carbocycles. The van der Waals surface area contributed by atoms with E-state index in [0.717, 1.165) is 0 Å². The maximum Gasteiger partial charge on any atom is 0.328 e. The minimum atomic E-state index is -1.35. The first kappa shape index (κ1) is 14.8. The van der Waals surface area contributed by atoms with Gasteiger partial charge < -0.3 is 25.0 Å². The molecule has 1 aromatic carbocycles. The number of carboxylic acid groups (broad SMARTS) is 1. The van der Waals surface area contributed by atoms with E-state index < -0.39 is 24.5 Å². The Morgan fingerprint density at radius 1 is 1.26 bits per heavy atom. The van der Waals surface area contributed by atoms with Gasteiger partial charge in [0.25, 0.3) is 5.91 Å². The summed E-state index contributed by atoms with van der Waals surface area (Å²) in [5, 5.41) is 19.8. The molecule has 0 aliphatic rings. The zero-order chi connectivity index (χ0) is 14.4. The summed E-state index contributed by atoms with van der Waals surface area (Å²) in [6.07, 6.45) is 0. The number of nitrogens with one attached hydrogen (secondary N) is 1. The standard InChI is InChI=1S/C12H15NO6/c1-18-9-4-3-7(5-10(9)19-2)11(15)13-8(6-14)12(16)17/h3-5,8,14H,6H2,1-2H3,(H,13,15)(H,16,17)/t8-/m0/s1. The zero-order valence-electron chi connectivity index (χ0n) is 10.5. The highest BCUT2D eigenvalue weighted by Crippen LogP contribution is 2.27. The van der Waals surface area contributed by atoms with Gasteiger partial charge in [0.2, 0.25) is 0 Å². The minimum Gasteiger partial charge on any atom is -0.493 e. The van der Waals surface area contributed by atoms with Crippen LogP contribution in [0.4, 0.5) is 0 Å². The monoisotopic (exact) mass is 269 g/mol. The number of amides is 1. The Balaban J connectivity index is 2.91. The van der Waals surface area contributed by atoms with Crippen molar-refractivity contribution in [3.8, 4) is 11.5 Å². The topological polar surface area (TPSA) is 105 Å². The van der Waals surface area contributed by atoms with Gasteiger partial charge in [-0.15, -0.1) is 0 Å². The van der Waals surface area contributed by atoms with Gasteiger partial charge in [-0.2, -0.15) is 0 Å². The van der Waals surface area contributed by atoms with E-state index in [4.69, 9.17) is 19.7 Å². The van der Waals surface area contributed by atoms with Crippen LogP contribution in [0.25, 0.3) is 0 Å². The van der Waals surface area contributed by atoms with Gasteiger partial charge in [-0.3, -0.25) is 4.79 Å². The number of hydrogen-bond acceptors (Lipinski definition) is 5. The minimum absolute atomic E-state index is 0.206. The molecule has 1 atom stereocenters. The van der Waals surface area contributed by atoms with Crippen LogP contribution in [0.3, 0.4) is 0 Å². The summed E-state index contributed by atoms with van der Waals surface area (Å²) in [6.45, 7) is -0.686. The fourth-order valence-electron chi connectivity index (χ4n) is 1.40. The number of carboxylic acids is 1. The van der Waals surface area contributed by atoms with Crippen molar-refractivity contribution in [2.75, 3.05) is 20.8 Å². The lowest BCUT2D eigenvalue weighted by molar-refractivity contribution is -0.140. The average Bonchev–Trinajstić information content (AvgIpc) is 2.43. The molecule has 0 fully saturated rings. The van der Waals surface area contributed by atoms with Crippen molar-refractivity contribution in [3.63, 3.8) is 0 Å². The van der Waals surface area contributed by atoms with Crippen LogP contribution in [-0.2, 0) is 4.79 Å². The third-order valence-electron chi connectivity index (χ3n) is 2.43. The molecule has 0 spiro atoms. The predicted octanol–water partition coefficient (Wildman–Crippen LogP) is -0.121. The number of ether oxygens (including phenoxy) is 2. The molecule has 0 saturated heterocycles. The molecule has 0 radical (unpaired) electrons. The SMILES string of the molecule is COc1ccc(C(=O)N[C@@H](CO)C(=O)O)cc1OC. The Morgan fingerprint density at radius 3 is 2.37 bits per heavy atom. The third kappa shape index (κ3) is 3.59. The van der Waals surface area contributed by atoms with E-state index in [2.05, 4.69) is 5.32 Å². The summed E-state index contributed by atoms with van der Waals surface area (Å²) in [5.74, 6) is -1.12. The number of aliphatic carboxylic acids is 1. The summed E-state index contributed by atoms with van der Waals surface area (Å²) in [7, 11) is 2.89. The number of carbonyl (C=O) groups is 2. The summed E-state index contributed by atoms with van der Waals surface area (Å²) in [5.41, 5.74) is 0.206. The van der Waals surface area contributed by atoms with Gasteiger partial charge in [0, 0.05) is 5.56 Å². The molecule has 104 valence electrons. The number of aliphatic hydroxyl groups excluding tert-OH is 1. The van der Waals surface area contributed by atoms with Crippen molar-refractivity contribution in [1.29, 1.82) is 0 Å². The van der Waals surface area contributed by atoms with Gasteiger partial charge in [0.15, 0.2) is 17.5 Å². The van der Waals surface area contributed by atoms with E-state index in [1.165, 1.54) is 32.4 Å². The molecule has 0 aliphatic heterocycles. The predicted molar refractivity (Wildman–Crippen MR) is 65.5 cm³/mol. The number of carbonyl (C=O) groups excluding carboxylic acids is 1. The molecule has 7 heteroatoms. The van der Waals surface area contributed by atoms with E-state index in [0.29, 0.717) is 11.5 Å². The fraction of sp³-hybridized carbons (Fsp3) is 0.333. The number of benzene rings is 1. The van der Waals surface area contributed by atoms with Crippen LogP contribution in [0, 0.1) is 0 Å². The maximum absolute atomic E-state index is 11.8. The van der Waals surface area contributed by atoms with Gasteiger partial charge in [-0.25, -0.2) is 4.79 Å². The average molecular weight is 269 g/mol. The molecule has 3 N–H and O–H groups in total. The first-order chi connectivity index (χ1) is 9.03. The largest absolute Gasteiger partial charge is 0.493 e. The molecule has 0 unspecified atom stereocenters. The van der Waals surface area contributed by atoms with Crippen LogP contribution in [0.2, 0.25) is 0 Å². The normalized spacial score (nSPS) is 11.5. The number of methoxy groups -OCH3 is 2. The molecule has 7 nitrogen and oxygen atoms in total. The highest BCUT2D eigenvalue weighted by atomic mass is 16.5. The van der Waals surface area contributed by atoms with Crippen LogP contribution in [0.15, 0.2) is 18.2 Å². The molecule has 0 heterocycles. The Morgan fingerprint density at radius 2 is 1.89 bits per heavy atom. The molecular weight excluding hydrogens is 254 g/mol. The van der Waals surface area contributed by atoms with Crippen molar-refractivity contribution in [3.05, 3.63) is 23.8 Å².